The van der Waals surface area contributed by atoms with Gasteiger partial charge in [0.2, 0.25) is 0 Å². The van der Waals surface area contributed by atoms with E-state index in [1.165, 1.54) is 0 Å². The largest absolute Gasteiger partial charge is 0.354 e. The fourth-order valence-corrected chi connectivity index (χ4v) is 0.932. The van der Waals surface area contributed by atoms with E-state index in [4.69, 9.17) is 4.74 Å². The van der Waals surface area contributed by atoms with Crippen LogP contribution in [-0.2, 0) is 11.3 Å². The lowest BCUT2D eigenvalue weighted by Crippen LogP contribution is -2.27. The average molecular weight is 193 g/mol. The molecule has 0 bridgehead atoms. The van der Waals surface area contributed by atoms with Crippen LogP contribution in [0.25, 0.3) is 0 Å². The predicted octanol–water partition coefficient (Wildman–Crippen LogP) is 1.19. The zero-order valence-corrected chi connectivity index (χ0v) is 8.47. The van der Waals surface area contributed by atoms with Crippen molar-refractivity contribution in [3.63, 3.8) is 0 Å². The summed E-state index contributed by atoms with van der Waals surface area (Å²) < 4.78 is 5.49. The summed E-state index contributed by atoms with van der Waals surface area (Å²) in [4.78, 5) is 7.80. The van der Waals surface area contributed by atoms with Crippen LogP contribution in [0.15, 0.2) is 29.5 Å². The first kappa shape index (κ1) is 10.7. The molecular weight excluding hydrogens is 178 g/mol. The summed E-state index contributed by atoms with van der Waals surface area (Å²) >= 11 is 0. The Balaban J connectivity index is 2.27. The molecule has 1 aromatic rings. The summed E-state index contributed by atoms with van der Waals surface area (Å²) in [5, 5.41) is 2.97. The van der Waals surface area contributed by atoms with Crippen LogP contribution in [0.5, 0.6) is 0 Å². The van der Waals surface area contributed by atoms with Crippen LogP contribution in [0.4, 0.5) is 0 Å². The van der Waals surface area contributed by atoms with Gasteiger partial charge >= 0.3 is 0 Å². The molecule has 4 nitrogen and oxygen atoms in total. The second-order valence-corrected chi connectivity index (χ2v) is 2.87. The summed E-state index contributed by atoms with van der Waals surface area (Å²) in [7, 11) is 1.71. The zero-order valence-electron chi connectivity index (χ0n) is 8.47. The molecule has 0 aliphatic carbocycles. The number of rotatable bonds is 5. The van der Waals surface area contributed by atoms with Crippen molar-refractivity contribution < 1.29 is 4.74 Å². The van der Waals surface area contributed by atoms with Crippen molar-refractivity contribution in [1.82, 2.24) is 10.3 Å². The Hall–Kier alpha value is -1.42. The van der Waals surface area contributed by atoms with E-state index < -0.39 is 0 Å². The van der Waals surface area contributed by atoms with Gasteiger partial charge in [-0.3, -0.25) is 9.98 Å². The molecule has 1 N–H and O–H groups in total. The number of aromatic nitrogens is 1. The third-order valence-corrected chi connectivity index (χ3v) is 1.66. The topological polar surface area (TPSA) is 46.5 Å². The average Bonchev–Trinajstić information content (AvgIpc) is 2.25. The van der Waals surface area contributed by atoms with Gasteiger partial charge in [0, 0.05) is 19.4 Å². The first-order valence-corrected chi connectivity index (χ1v) is 4.50. The first-order valence-electron chi connectivity index (χ1n) is 4.50. The summed E-state index contributed by atoms with van der Waals surface area (Å²) in [5.74, 6) is 0. The predicted molar refractivity (Wildman–Crippen MR) is 56.0 cm³/mol. The van der Waals surface area contributed by atoms with Crippen molar-refractivity contribution in [2.45, 2.75) is 19.8 Å². The lowest BCUT2D eigenvalue weighted by Gasteiger charge is -2.12. The highest BCUT2D eigenvalue weighted by Gasteiger charge is 1.98. The number of nitrogens with one attached hydrogen (secondary N) is 1. The number of nitrogens with zero attached hydrogens (tertiary/aromatic N) is 2. The Morgan fingerprint density at radius 3 is 3.21 bits per heavy atom. The fourth-order valence-electron chi connectivity index (χ4n) is 0.932. The minimum Gasteiger partial charge on any atom is -0.354 e. The van der Waals surface area contributed by atoms with E-state index in [1.807, 2.05) is 19.1 Å². The van der Waals surface area contributed by atoms with Gasteiger partial charge in [0.15, 0.2) is 0 Å². The van der Waals surface area contributed by atoms with Gasteiger partial charge in [-0.05, 0) is 18.6 Å². The number of hydrogen-bond donors (Lipinski definition) is 1. The molecule has 1 heterocycles. The van der Waals surface area contributed by atoms with Crippen molar-refractivity contribution in [1.29, 1.82) is 0 Å². The standard InChI is InChI=1S/C10H15N3O/c1-9(13-8-11-2)14-7-10-4-3-5-12-6-10/h3-6,8-9H,7H2,1-2H3,(H,11,13). The van der Waals surface area contributed by atoms with E-state index in [-0.39, 0.29) is 6.23 Å². The van der Waals surface area contributed by atoms with E-state index >= 15 is 0 Å². The molecule has 0 fully saturated rings. The minimum absolute atomic E-state index is 0.0427. The molecule has 1 unspecified atom stereocenters. The smallest absolute Gasteiger partial charge is 0.125 e. The Morgan fingerprint density at radius 2 is 2.57 bits per heavy atom. The third kappa shape index (κ3) is 4.00. The van der Waals surface area contributed by atoms with Crippen LogP contribution < -0.4 is 5.32 Å². The maximum atomic E-state index is 5.49. The van der Waals surface area contributed by atoms with Crippen molar-refractivity contribution >= 4 is 6.34 Å². The van der Waals surface area contributed by atoms with Crippen LogP contribution in [0.3, 0.4) is 0 Å². The molecule has 0 saturated heterocycles. The second-order valence-electron chi connectivity index (χ2n) is 2.87. The minimum atomic E-state index is -0.0427. The summed E-state index contributed by atoms with van der Waals surface area (Å²) in [6.45, 7) is 2.48. The summed E-state index contributed by atoms with van der Waals surface area (Å²) in [6, 6.07) is 3.87. The maximum absolute atomic E-state index is 5.49. The Kier molecular flexibility index (Phi) is 4.64. The van der Waals surface area contributed by atoms with Gasteiger partial charge in [-0.1, -0.05) is 6.07 Å². The van der Waals surface area contributed by atoms with Gasteiger partial charge in [0.05, 0.1) is 12.9 Å². The van der Waals surface area contributed by atoms with Gasteiger partial charge in [0.1, 0.15) is 6.23 Å². The van der Waals surface area contributed by atoms with Gasteiger partial charge in [-0.15, -0.1) is 0 Å². The fraction of sp³-hybridized carbons (Fsp3) is 0.400. The molecule has 1 atom stereocenters. The third-order valence-electron chi connectivity index (χ3n) is 1.66. The molecular formula is C10H15N3O. The van der Waals surface area contributed by atoms with Crippen molar-refractivity contribution in [2.24, 2.45) is 4.99 Å². The Labute approximate surface area is 84.0 Å². The highest BCUT2D eigenvalue weighted by Crippen LogP contribution is 1.99. The van der Waals surface area contributed by atoms with Crippen LogP contribution in [0.2, 0.25) is 0 Å². The van der Waals surface area contributed by atoms with Crippen molar-refractivity contribution in [3.05, 3.63) is 30.1 Å². The van der Waals surface area contributed by atoms with E-state index in [0.717, 1.165) is 5.56 Å². The molecule has 14 heavy (non-hydrogen) atoms. The number of hydrogen-bond acceptors (Lipinski definition) is 3. The van der Waals surface area contributed by atoms with Crippen LogP contribution in [-0.4, -0.2) is 24.6 Å². The first-order chi connectivity index (χ1) is 6.83. The molecule has 76 valence electrons. The number of pyridine rings is 1. The second kappa shape index (κ2) is 6.10. The Bertz CT molecular complexity index is 274. The van der Waals surface area contributed by atoms with E-state index in [1.54, 1.807) is 25.8 Å². The quantitative estimate of drug-likeness (QED) is 0.434. The van der Waals surface area contributed by atoms with Crippen LogP contribution in [0, 0.1) is 0 Å². The molecule has 0 amide bonds. The van der Waals surface area contributed by atoms with Crippen molar-refractivity contribution in [2.75, 3.05) is 7.05 Å². The van der Waals surface area contributed by atoms with Gasteiger partial charge in [-0.25, -0.2) is 0 Å². The lowest BCUT2D eigenvalue weighted by atomic mass is 10.3. The molecule has 4 heteroatoms. The Morgan fingerprint density at radius 1 is 1.71 bits per heavy atom. The number of ether oxygens (including phenoxy) is 1. The molecule has 0 saturated carbocycles. The number of aliphatic imine (C=N–C) groups is 1. The lowest BCUT2D eigenvalue weighted by molar-refractivity contribution is 0.0443. The molecule has 0 aliphatic rings. The van der Waals surface area contributed by atoms with Crippen molar-refractivity contribution in [3.8, 4) is 0 Å². The maximum Gasteiger partial charge on any atom is 0.125 e. The normalized spacial score (nSPS) is 13.0. The summed E-state index contributed by atoms with van der Waals surface area (Å²) in [6.07, 6.45) is 5.11. The highest BCUT2D eigenvalue weighted by atomic mass is 16.5. The highest BCUT2D eigenvalue weighted by molar-refractivity contribution is 5.53. The van der Waals surface area contributed by atoms with Crippen LogP contribution in [0.1, 0.15) is 12.5 Å². The van der Waals surface area contributed by atoms with Crippen LogP contribution >= 0.6 is 0 Å². The molecule has 1 aromatic heterocycles. The summed E-state index contributed by atoms with van der Waals surface area (Å²) in [5.41, 5.74) is 1.06. The van der Waals surface area contributed by atoms with Gasteiger partial charge in [0.25, 0.3) is 0 Å². The molecule has 0 aliphatic heterocycles. The van der Waals surface area contributed by atoms with E-state index in [9.17, 15) is 0 Å². The monoisotopic (exact) mass is 193 g/mol. The van der Waals surface area contributed by atoms with E-state index in [0.29, 0.717) is 6.61 Å². The molecule has 0 radical (unpaired) electrons. The molecule has 0 spiro atoms. The molecule has 1 rings (SSSR count). The SMILES string of the molecule is CN=CNC(C)OCc1cccnc1. The van der Waals surface area contributed by atoms with E-state index in [2.05, 4.69) is 15.3 Å². The van der Waals surface area contributed by atoms with Gasteiger partial charge in [-0.2, -0.15) is 0 Å². The van der Waals surface area contributed by atoms with Gasteiger partial charge < -0.3 is 10.1 Å². The molecule has 0 aromatic carbocycles. The zero-order chi connectivity index (χ0) is 10.2.